The van der Waals surface area contributed by atoms with Crippen LogP contribution < -0.4 is 0 Å². The number of carbonyl (C=O) groups excluding carboxylic acids is 1. The number of hydrogen-bond donors (Lipinski definition) is 2. The lowest BCUT2D eigenvalue weighted by Gasteiger charge is -1.92. The van der Waals surface area contributed by atoms with Gasteiger partial charge in [-0.2, -0.15) is 0 Å². The van der Waals surface area contributed by atoms with E-state index in [-0.39, 0.29) is 28.9 Å². The van der Waals surface area contributed by atoms with Gasteiger partial charge in [0.1, 0.15) is 5.82 Å². The normalized spacial score (nSPS) is 15.6. The number of aromatic nitrogens is 1. The molecular weight excluding hydrogens is 237 g/mol. The van der Waals surface area contributed by atoms with Gasteiger partial charge in [-0.25, -0.2) is 4.39 Å². The zero-order valence-corrected chi connectivity index (χ0v) is 9.35. The summed E-state index contributed by atoms with van der Waals surface area (Å²) >= 11 is 0. The fourth-order valence-corrected chi connectivity index (χ4v) is 1.77. The molecule has 2 N–H and O–H groups in total. The first-order valence-corrected chi connectivity index (χ1v) is 5.61. The van der Waals surface area contributed by atoms with E-state index in [1.165, 1.54) is 12.1 Å². The molecule has 1 aliphatic carbocycles. The predicted octanol–water partition coefficient (Wildman–Crippen LogP) is 3.03. The van der Waals surface area contributed by atoms with Crippen molar-refractivity contribution in [1.29, 1.82) is 0 Å². The van der Waals surface area contributed by atoms with Gasteiger partial charge in [0.05, 0.1) is 5.52 Å². The Bertz CT molecular complexity index is 659. The molecule has 1 aromatic carbocycles. The van der Waals surface area contributed by atoms with Gasteiger partial charge < -0.3 is 10.1 Å². The third-order valence-corrected chi connectivity index (χ3v) is 2.91. The number of hydrogen-bond acceptors (Lipinski definition) is 3. The molecule has 0 aliphatic heterocycles. The first-order chi connectivity index (χ1) is 8.66. The lowest BCUT2D eigenvalue weighted by Crippen LogP contribution is -1.92. The summed E-state index contributed by atoms with van der Waals surface area (Å²) in [7, 11) is 0. The topological polar surface area (TPSA) is 77.8 Å². The quantitative estimate of drug-likeness (QED) is 0.800. The van der Waals surface area contributed by atoms with Gasteiger partial charge in [0.25, 0.3) is 5.91 Å². The van der Waals surface area contributed by atoms with Crippen LogP contribution in [-0.4, -0.2) is 16.0 Å². The molecule has 2 aromatic rings. The van der Waals surface area contributed by atoms with Gasteiger partial charge in [-0.3, -0.25) is 4.79 Å². The Kier molecular flexibility index (Phi) is 2.36. The molecule has 1 aromatic heterocycles. The van der Waals surface area contributed by atoms with Crippen molar-refractivity contribution < 1.29 is 14.3 Å². The maximum Gasteiger partial charge on any atom is 0.267 e. The van der Waals surface area contributed by atoms with E-state index < -0.39 is 5.82 Å². The molecule has 0 unspecified atom stereocenters. The van der Waals surface area contributed by atoms with E-state index in [1.807, 2.05) is 0 Å². The monoisotopic (exact) mass is 247 g/mol. The van der Waals surface area contributed by atoms with Gasteiger partial charge >= 0.3 is 0 Å². The molecule has 1 fully saturated rings. The predicted molar refractivity (Wildman–Crippen MR) is 62.2 cm³/mol. The molecule has 1 aliphatic rings. The van der Waals surface area contributed by atoms with Gasteiger partial charge in [0.2, 0.25) is 5.88 Å². The van der Waals surface area contributed by atoms with Gasteiger partial charge in [0, 0.05) is 11.3 Å². The highest BCUT2D eigenvalue weighted by Crippen LogP contribution is 2.37. The molecule has 0 bridgehead atoms. The second kappa shape index (κ2) is 3.90. The second-order valence-electron chi connectivity index (χ2n) is 4.30. The second-order valence-corrected chi connectivity index (χ2v) is 4.30. The Hall–Kier alpha value is -2.24. The molecule has 0 radical (unpaired) electrons. The van der Waals surface area contributed by atoms with Crippen molar-refractivity contribution >= 4 is 22.5 Å². The number of fused-ring (bicyclic) bond motifs is 1. The number of carbonyl (C=O) groups is 1. The largest absolute Gasteiger partial charge is 0.493 e. The third-order valence-electron chi connectivity index (χ3n) is 2.91. The van der Waals surface area contributed by atoms with Crippen LogP contribution in [0.1, 0.15) is 12.8 Å². The van der Waals surface area contributed by atoms with E-state index in [1.54, 1.807) is 6.07 Å². The number of amides is 1. The summed E-state index contributed by atoms with van der Waals surface area (Å²) in [5, 5.41) is 17.3. The minimum atomic E-state index is -0.488. The Labute approximate surface area is 101 Å². The van der Waals surface area contributed by atoms with Crippen LogP contribution in [0, 0.1) is 11.7 Å². The van der Waals surface area contributed by atoms with Crippen molar-refractivity contribution in [3.05, 3.63) is 24.0 Å². The molecule has 1 saturated carbocycles. The standard InChI is InChI=1S/C12H10FN3O2/c13-8-3-1-2-7-9(8)14-12(18)10(7)15-16-11(17)6-4-5-6/h1-3,6,14,18H,4-5H2. The lowest BCUT2D eigenvalue weighted by molar-refractivity contribution is -0.119. The van der Waals surface area contributed by atoms with Gasteiger partial charge in [-0.15, -0.1) is 10.2 Å². The third kappa shape index (κ3) is 1.75. The highest BCUT2D eigenvalue weighted by atomic mass is 19.1. The Morgan fingerprint density at radius 1 is 1.44 bits per heavy atom. The summed E-state index contributed by atoms with van der Waals surface area (Å²) < 4.78 is 13.4. The van der Waals surface area contributed by atoms with Crippen LogP contribution >= 0.6 is 0 Å². The van der Waals surface area contributed by atoms with Crippen LogP contribution in [0.25, 0.3) is 10.9 Å². The summed E-state index contributed by atoms with van der Waals surface area (Å²) in [6.45, 7) is 0. The maximum atomic E-state index is 13.4. The van der Waals surface area contributed by atoms with Crippen LogP contribution in [0.4, 0.5) is 10.1 Å². The van der Waals surface area contributed by atoms with Crippen LogP contribution in [0.2, 0.25) is 0 Å². The molecule has 18 heavy (non-hydrogen) atoms. The van der Waals surface area contributed by atoms with E-state index in [0.717, 1.165) is 12.8 Å². The van der Waals surface area contributed by atoms with Crippen LogP contribution in [0.5, 0.6) is 5.88 Å². The molecule has 0 spiro atoms. The van der Waals surface area contributed by atoms with Gasteiger partial charge in [0.15, 0.2) is 5.69 Å². The Morgan fingerprint density at radius 3 is 2.94 bits per heavy atom. The summed E-state index contributed by atoms with van der Waals surface area (Å²) in [6, 6.07) is 4.38. The Balaban J connectivity index is 2.03. The van der Waals surface area contributed by atoms with Crippen molar-refractivity contribution in [2.45, 2.75) is 12.8 Å². The fourth-order valence-electron chi connectivity index (χ4n) is 1.77. The number of para-hydroxylation sites is 1. The zero-order chi connectivity index (χ0) is 12.7. The number of benzene rings is 1. The van der Waals surface area contributed by atoms with E-state index in [4.69, 9.17) is 0 Å². The number of halogens is 1. The van der Waals surface area contributed by atoms with Gasteiger partial charge in [-0.05, 0) is 18.9 Å². The lowest BCUT2D eigenvalue weighted by atomic mass is 10.2. The molecule has 1 heterocycles. The molecule has 1 amide bonds. The minimum Gasteiger partial charge on any atom is -0.493 e. The first kappa shape index (κ1) is 10.9. The molecule has 3 rings (SSSR count). The minimum absolute atomic E-state index is 0.0298. The van der Waals surface area contributed by atoms with Crippen LogP contribution in [0.3, 0.4) is 0 Å². The fraction of sp³-hybridized carbons (Fsp3) is 0.250. The number of aromatic amines is 1. The van der Waals surface area contributed by atoms with Crippen molar-refractivity contribution in [1.82, 2.24) is 4.98 Å². The van der Waals surface area contributed by atoms with E-state index in [0.29, 0.717) is 5.39 Å². The average molecular weight is 247 g/mol. The van der Waals surface area contributed by atoms with Crippen LogP contribution in [0.15, 0.2) is 28.4 Å². The number of nitrogens with one attached hydrogen (secondary N) is 1. The smallest absolute Gasteiger partial charge is 0.267 e. The molecule has 92 valence electrons. The highest BCUT2D eigenvalue weighted by molar-refractivity contribution is 5.94. The molecule has 0 saturated heterocycles. The SMILES string of the molecule is O=C(N=Nc1c(O)[nH]c2c(F)cccc12)C1CC1. The Morgan fingerprint density at radius 2 is 2.22 bits per heavy atom. The molecule has 0 atom stereocenters. The number of H-pyrrole nitrogens is 1. The van der Waals surface area contributed by atoms with E-state index in [9.17, 15) is 14.3 Å². The summed E-state index contributed by atoms with van der Waals surface area (Å²) in [4.78, 5) is 13.9. The summed E-state index contributed by atoms with van der Waals surface area (Å²) in [6.07, 6.45) is 1.68. The summed E-state index contributed by atoms with van der Waals surface area (Å²) in [5.74, 6) is -1.10. The number of nitrogens with zero attached hydrogens (tertiary/aromatic N) is 2. The van der Waals surface area contributed by atoms with E-state index >= 15 is 0 Å². The van der Waals surface area contributed by atoms with Gasteiger partial charge in [-0.1, -0.05) is 12.1 Å². The number of rotatable bonds is 2. The van der Waals surface area contributed by atoms with Crippen molar-refractivity contribution in [2.75, 3.05) is 0 Å². The molecule has 5 nitrogen and oxygen atoms in total. The van der Waals surface area contributed by atoms with Crippen molar-refractivity contribution in [3.63, 3.8) is 0 Å². The zero-order valence-electron chi connectivity index (χ0n) is 9.35. The molecule has 6 heteroatoms. The first-order valence-electron chi connectivity index (χ1n) is 5.61. The van der Waals surface area contributed by atoms with Crippen molar-refractivity contribution in [3.8, 4) is 5.88 Å². The van der Waals surface area contributed by atoms with Crippen molar-refractivity contribution in [2.24, 2.45) is 16.1 Å². The molecular formula is C12H10FN3O2. The highest BCUT2D eigenvalue weighted by Gasteiger charge is 2.29. The average Bonchev–Trinajstić information content (AvgIpc) is 3.13. The number of azo groups is 1. The van der Waals surface area contributed by atoms with Crippen LogP contribution in [-0.2, 0) is 4.79 Å². The maximum absolute atomic E-state index is 13.4. The number of aromatic hydroxyl groups is 1. The van der Waals surface area contributed by atoms with E-state index in [2.05, 4.69) is 15.2 Å². The summed E-state index contributed by atoms with van der Waals surface area (Å²) in [5.41, 5.74) is 0.251.